The van der Waals surface area contributed by atoms with Crippen LogP contribution < -0.4 is 20.4 Å². The molecule has 0 amide bonds. The molecule has 0 spiro atoms. The van der Waals surface area contributed by atoms with Gasteiger partial charge in [-0.25, -0.2) is 4.98 Å². The lowest BCUT2D eigenvalue weighted by Gasteiger charge is -2.18. The molecule has 0 radical (unpaired) electrons. The van der Waals surface area contributed by atoms with E-state index >= 15 is 0 Å². The number of benzene rings is 2. The molecule has 0 bridgehead atoms. The SMILES string of the molecule is CN(C)c1ccc(Nc2nccc(Nc3ccc(N4CCCC4)cc3)n2)cc1. The van der Waals surface area contributed by atoms with E-state index in [2.05, 4.69) is 66.8 Å². The average Bonchev–Trinajstić information content (AvgIpc) is 3.24. The smallest absolute Gasteiger partial charge is 0.229 e. The van der Waals surface area contributed by atoms with Crippen LogP contribution in [0.15, 0.2) is 60.8 Å². The summed E-state index contributed by atoms with van der Waals surface area (Å²) in [5.41, 5.74) is 4.41. The third kappa shape index (κ3) is 4.34. The lowest BCUT2D eigenvalue weighted by Crippen LogP contribution is -2.17. The van der Waals surface area contributed by atoms with E-state index in [0.29, 0.717) is 5.95 Å². The number of rotatable bonds is 6. The highest BCUT2D eigenvalue weighted by atomic mass is 15.2. The molecular weight excluding hydrogens is 348 g/mol. The van der Waals surface area contributed by atoms with Crippen LogP contribution in [0.5, 0.6) is 0 Å². The number of nitrogens with zero attached hydrogens (tertiary/aromatic N) is 4. The lowest BCUT2D eigenvalue weighted by molar-refractivity contribution is 0.949. The first-order chi connectivity index (χ1) is 13.7. The summed E-state index contributed by atoms with van der Waals surface area (Å²) in [4.78, 5) is 13.4. The summed E-state index contributed by atoms with van der Waals surface area (Å²) in [6, 6.07) is 18.6. The Bertz CT molecular complexity index is 899. The zero-order valence-electron chi connectivity index (χ0n) is 16.4. The van der Waals surface area contributed by atoms with Crippen molar-refractivity contribution in [3.63, 3.8) is 0 Å². The summed E-state index contributed by atoms with van der Waals surface area (Å²) in [5.74, 6) is 1.33. The van der Waals surface area contributed by atoms with Gasteiger partial charge in [0.1, 0.15) is 5.82 Å². The van der Waals surface area contributed by atoms with Gasteiger partial charge in [-0.15, -0.1) is 0 Å². The minimum absolute atomic E-state index is 0.566. The van der Waals surface area contributed by atoms with Crippen LogP contribution in [-0.4, -0.2) is 37.2 Å². The van der Waals surface area contributed by atoms with Crippen LogP contribution in [0.2, 0.25) is 0 Å². The van der Waals surface area contributed by atoms with Gasteiger partial charge in [0.15, 0.2) is 0 Å². The molecule has 4 rings (SSSR count). The van der Waals surface area contributed by atoms with E-state index in [1.165, 1.54) is 18.5 Å². The molecule has 2 aromatic carbocycles. The van der Waals surface area contributed by atoms with Gasteiger partial charge >= 0.3 is 0 Å². The van der Waals surface area contributed by atoms with Gasteiger partial charge in [-0.2, -0.15) is 4.98 Å². The van der Waals surface area contributed by atoms with Crippen molar-refractivity contribution in [2.75, 3.05) is 47.6 Å². The Kier molecular flexibility index (Phi) is 5.28. The summed E-state index contributed by atoms with van der Waals surface area (Å²) in [7, 11) is 4.05. The molecule has 3 aromatic rings. The van der Waals surface area contributed by atoms with Crippen molar-refractivity contribution in [3.05, 3.63) is 60.8 Å². The maximum atomic E-state index is 4.57. The summed E-state index contributed by atoms with van der Waals surface area (Å²) in [6.07, 6.45) is 4.33. The van der Waals surface area contributed by atoms with Crippen LogP contribution >= 0.6 is 0 Å². The summed E-state index contributed by atoms with van der Waals surface area (Å²) >= 11 is 0. The molecule has 1 saturated heterocycles. The highest BCUT2D eigenvalue weighted by Gasteiger charge is 2.11. The monoisotopic (exact) mass is 374 g/mol. The van der Waals surface area contributed by atoms with Crippen LogP contribution in [0.4, 0.5) is 34.5 Å². The molecule has 0 unspecified atom stereocenters. The second kappa shape index (κ2) is 8.17. The van der Waals surface area contributed by atoms with Crippen molar-refractivity contribution in [1.82, 2.24) is 9.97 Å². The molecule has 1 aliphatic heterocycles. The van der Waals surface area contributed by atoms with Gasteiger partial charge in [-0.05, 0) is 67.4 Å². The summed E-state index contributed by atoms with van der Waals surface area (Å²) in [6.45, 7) is 2.31. The van der Waals surface area contributed by atoms with Gasteiger partial charge in [0, 0.05) is 56.1 Å². The van der Waals surface area contributed by atoms with E-state index in [1.54, 1.807) is 6.20 Å². The molecular formula is C22H26N6. The van der Waals surface area contributed by atoms with Crippen LogP contribution in [0, 0.1) is 0 Å². The molecule has 6 heteroatoms. The quantitative estimate of drug-likeness (QED) is 0.656. The Morgan fingerprint density at radius 2 is 1.46 bits per heavy atom. The summed E-state index contributed by atoms with van der Waals surface area (Å²) in [5, 5.41) is 6.61. The van der Waals surface area contributed by atoms with E-state index in [-0.39, 0.29) is 0 Å². The van der Waals surface area contributed by atoms with Crippen LogP contribution in [-0.2, 0) is 0 Å². The molecule has 1 aromatic heterocycles. The van der Waals surface area contributed by atoms with Crippen LogP contribution in [0.25, 0.3) is 0 Å². The Balaban J connectivity index is 1.42. The molecule has 2 heterocycles. The van der Waals surface area contributed by atoms with E-state index in [1.807, 2.05) is 32.3 Å². The highest BCUT2D eigenvalue weighted by Crippen LogP contribution is 2.24. The van der Waals surface area contributed by atoms with Gasteiger partial charge in [0.25, 0.3) is 0 Å². The van der Waals surface area contributed by atoms with E-state index in [9.17, 15) is 0 Å². The fourth-order valence-corrected chi connectivity index (χ4v) is 3.34. The summed E-state index contributed by atoms with van der Waals surface area (Å²) < 4.78 is 0. The molecule has 6 nitrogen and oxygen atoms in total. The van der Waals surface area contributed by atoms with Crippen LogP contribution in [0.1, 0.15) is 12.8 Å². The van der Waals surface area contributed by atoms with Crippen molar-refractivity contribution < 1.29 is 0 Å². The first kappa shape index (κ1) is 18.1. The van der Waals surface area contributed by atoms with Crippen molar-refractivity contribution in [1.29, 1.82) is 0 Å². The lowest BCUT2D eigenvalue weighted by atomic mass is 10.2. The third-order valence-corrected chi connectivity index (χ3v) is 4.91. The minimum atomic E-state index is 0.566. The second-order valence-electron chi connectivity index (χ2n) is 7.20. The van der Waals surface area contributed by atoms with Crippen molar-refractivity contribution >= 4 is 34.5 Å². The maximum Gasteiger partial charge on any atom is 0.229 e. The Hall–Kier alpha value is -3.28. The van der Waals surface area contributed by atoms with Crippen molar-refractivity contribution in [2.24, 2.45) is 0 Å². The number of nitrogens with one attached hydrogen (secondary N) is 2. The predicted octanol–water partition coefficient (Wildman–Crippen LogP) is 4.63. The molecule has 28 heavy (non-hydrogen) atoms. The minimum Gasteiger partial charge on any atom is -0.378 e. The number of hydrogen-bond acceptors (Lipinski definition) is 6. The number of aromatic nitrogens is 2. The van der Waals surface area contributed by atoms with Crippen molar-refractivity contribution in [2.45, 2.75) is 12.8 Å². The molecule has 0 saturated carbocycles. The van der Waals surface area contributed by atoms with Gasteiger partial charge < -0.3 is 20.4 Å². The zero-order valence-corrected chi connectivity index (χ0v) is 16.4. The second-order valence-corrected chi connectivity index (χ2v) is 7.20. The van der Waals surface area contributed by atoms with E-state index in [0.717, 1.165) is 36.0 Å². The molecule has 1 fully saturated rings. The third-order valence-electron chi connectivity index (χ3n) is 4.91. The van der Waals surface area contributed by atoms with E-state index < -0.39 is 0 Å². The van der Waals surface area contributed by atoms with Gasteiger partial charge in [0.05, 0.1) is 0 Å². The maximum absolute atomic E-state index is 4.57. The highest BCUT2D eigenvalue weighted by molar-refractivity contribution is 5.63. The normalized spacial score (nSPS) is 13.4. The predicted molar refractivity (Wildman–Crippen MR) is 117 cm³/mol. The van der Waals surface area contributed by atoms with Gasteiger partial charge in [-0.1, -0.05) is 0 Å². The van der Waals surface area contributed by atoms with Crippen LogP contribution in [0.3, 0.4) is 0 Å². The zero-order chi connectivity index (χ0) is 19.3. The Morgan fingerprint density at radius 1 is 0.821 bits per heavy atom. The molecule has 144 valence electrons. The topological polar surface area (TPSA) is 56.3 Å². The van der Waals surface area contributed by atoms with Crippen molar-refractivity contribution in [3.8, 4) is 0 Å². The first-order valence-electron chi connectivity index (χ1n) is 9.67. The average molecular weight is 374 g/mol. The molecule has 0 atom stereocenters. The molecule has 2 N–H and O–H groups in total. The molecule has 1 aliphatic rings. The standard InChI is InChI=1S/C22H26N6/c1-27(2)19-9-5-18(6-10-19)25-22-23-14-13-21(26-22)24-17-7-11-20(12-8-17)28-15-3-4-16-28/h5-14H,3-4,15-16H2,1-2H3,(H2,23,24,25,26). The molecule has 0 aliphatic carbocycles. The first-order valence-corrected chi connectivity index (χ1v) is 9.67. The van der Waals surface area contributed by atoms with Gasteiger partial charge in [-0.3, -0.25) is 0 Å². The Morgan fingerprint density at radius 3 is 2.14 bits per heavy atom. The van der Waals surface area contributed by atoms with Gasteiger partial charge in [0.2, 0.25) is 5.95 Å². The van der Waals surface area contributed by atoms with E-state index in [4.69, 9.17) is 0 Å². The largest absolute Gasteiger partial charge is 0.378 e. The number of hydrogen-bond donors (Lipinski definition) is 2. The Labute approximate surface area is 166 Å². The fourth-order valence-electron chi connectivity index (χ4n) is 3.34. The fraction of sp³-hybridized carbons (Fsp3) is 0.273. The number of anilines is 6.